The number of esters is 1. The van der Waals surface area contributed by atoms with Gasteiger partial charge < -0.3 is 14.6 Å². The molecule has 33 heavy (non-hydrogen) atoms. The zero-order valence-corrected chi connectivity index (χ0v) is 18.9. The van der Waals surface area contributed by atoms with E-state index in [-0.39, 0.29) is 34.3 Å². The summed E-state index contributed by atoms with van der Waals surface area (Å²) in [7, 11) is 0. The minimum Gasteiger partial charge on any atom is -0.462 e. The van der Waals surface area contributed by atoms with Gasteiger partial charge in [-0.05, 0) is 50.0 Å². The number of carbonyl (C=O) groups is 2. The number of nitrogens with zero attached hydrogens (tertiary/aromatic N) is 1. The number of benzene rings is 2. The van der Waals surface area contributed by atoms with Gasteiger partial charge in [-0.15, -0.1) is 0 Å². The predicted octanol–water partition coefficient (Wildman–Crippen LogP) is 5.27. The molecule has 4 rings (SSSR count). The zero-order chi connectivity index (χ0) is 23.7. The summed E-state index contributed by atoms with van der Waals surface area (Å²) in [5.74, 6) is -2.21. The number of aromatic nitrogens is 1. The average Bonchev–Trinajstić information content (AvgIpc) is 3.64. The van der Waals surface area contributed by atoms with Crippen LogP contribution in [0.3, 0.4) is 0 Å². The summed E-state index contributed by atoms with van der Waals surface area (Å²) < 4.78 is 21.8. The Bertz CT molecular complexity index is 1340. The summed E-state index contributed by atoms with van der Waals surface area (Å²) >= 11 is 6.27. The van der Waals surface area contributed by atoms with Gasteiger partial charge in [-0.25, -0.2) is 9.18 Å². The van der Waals surface area contributed by atoms with E-state index in [0.29, 0.717) is 11.1 Å². The highest BCUT2D eigenvalue weighted by Gasteiger charge is 2.32. The maximum atomic E-state index is 15.3. The number of fused-ring (bicyclic) bond motifs is 1. The molecule has 3 aromatic rings. The third-order valence-electron chi connectivity index (χ3n) is 5.48. The standard InChI is InChI=1S/C25H22ClFN2O4/c1-3-33-25(32)18-13-17-22(28-19(30)12-9-15-7-5-4-6-8-15)21(27)20(26)14(2)23(17)29(24(18)31)16-10-11-16/h4-9,12-13,16H,3,10-11H2,1-2H3,(H,28,30). The van der Waals surface area contributed by atoms with E-state index in [4.69, 9.17) is 16.3 Å². The van der Waals surface area contributed by atoms with Gasteiger partial charge in [0.05, 0.1) is 22.8 Å². The van der Waals surface area contributed by atoms with Gasteiger partial charge in [0, 0.05) is 17.5 Å². The number of rotatable bonds is 6. The van der Waals surface area contributed by atoms with Crippen LogP contribution < -0.4 is 10.9 Å². The summed E-state index contributed by atoms with van der Waals surface area (Å²) in [5.41, 5.74) is 0.629. The second-order valence-corrected chi connectivity index (χ2v) is 8.19. The number of anilines is 1. The topological polar surface area (TPSA) is 77.4 Å². The van der Waals surface area contributed by atoms with Crippen LogP contribution in [0, 0.1) is 12.7 Å². The van der Waals surface area contributed by atoms with E-state index >= 15 is 4.39 Å². The highest BCUT2D eigenvalue weighted by molar-refractivity contribution is 6.33. The Morgan fingerprint density at radius 3 is 2.61 bits per heavy atom. The van der Waals surface area contributed by atoms with Crippen LogP contribution >= 0.6 is 11.6 Å². The van der Waals surface area contributed by atoms with Crippen LogP contribution in [0.4, 0.5) is 10.1 Å². The lowest BCUT2D eigenvalue weighted by Gasteiger charge is -2.19. The Hall–Kier alpha value is -3.45. The first-order valence-corrected chi connectivity index (χ1v) is 11.0. The van der Waals surface area contributed by atoms with Crippen molar-refractivity contribution in [2.24, 2.45) is 0 Å². The SMILES string of the molecule is CCOC(=O)c1cc2c(NC(=O)C=Cc3ccccc3)c(F)c(Cl)c(C)c2n(C2CC2)c1=O. The largest absolute Gasteiger partial charge is 0.462 e. The smallest absolute Gasteiger partial charge is 0.343 e. The maximum Gasteiger partial charge on any atom is 0.343 e. The van der Waals surface area contributed by atoms with Gasteiger partial charge in [-0.2, -0.15) is 0 Å². The first-order chi connectivity index (χ1) is 15.8. The highest BCUT2D eigenvalue weighted by Crippen LogP contribution is 2.41. The van der Waals surface area contributed by atoms with Crippen molar-refractivity contribution in [1.82, 2.24) is 4.57 Å². The van der Waals surface area contributed by atoms with Crippen molar-refractivity contribution in [3.63, 3.8) is 0 Å². The van der Waals surface area contributed by atoms with E-state index in [1.54, 1.807) is 19.9 Å². The number of pyridine rings is 1. The molecule has 6 nitrogen and oxygen atoms in total. The summed E-state index contributed by atoms with van der Waals surface area (Å²) in [6.45, 7) is 3.32. The first kappa shape index (κ1) is 22.7. The van der Waals surface area contributed by atoms with E-state index in [1.165, 1.54) is 16.7 Å². The van der Waals surface area contributed by atoms with E-state index in [2.05, 4.69) is 5.32 Å². The molecule has 1 heterocycles. The van der Waals surface area contributed by atoms with Crippen molar-refractivity contribution in [2.45, 2.75) is 32.7 Å². The zero-order valence-electron chi connectivity index (χ0n) is 18.2. The Morgan fingerprint density at radius 1 is 1.27 bits per heavy atom. The fraction of sp³-hybridized carbons (Fsp3) is 0.240. The molecule has 1 aromatic heterocycles. The molecule has 0 aliphatic heterocycles. The molecule has 1 amide bonds. The highest BCUT2D eigenvalue weighted by atomic mass is 35.5. The molecule has 1 aliphatic rings. The van der Waals surface area contributed by atoms with Crippen LogP contribution in [0.1, 0.15) is 47.3 Å². The van der Waals surface area contributed by atoms with Gasteiger partial charge in [-0.1, -0.05) is 41.9 Å². The second kappa shape index (κ2) is 9.19. The molecule has 1 N–H and O–H groups in total. The van der Waals surface area contributed by atoms with E-state index < -0.39 is 23.3 Å². The number of amides is 1. The summed E-state index contributed by atoms with van der Waals surface area (Å²) in [4.78, 5) is 38.3. The molecule has 0 radical (unpaired) electrons. The molecule has 1 aliphatic carbocycles. The average molecular weight is 469 g/mol. The number of carbonyl (C=O) groups excluding carboxylic acids is 2. The van der Waals surface area contributed by atoms with Gasteiger partial charge >= 0.3 is 5.97 Å². The van der Waals surface area contributed by atoms with Crippen molar-refractivity contribution in [3.8, 4) is 0 Å². The minimum absolute atomic E-state index is 0.0849. The predicted molar refractivity (Wildman–Crippen MR) is 126 cm³/mol. The molecular formula is C25H22ClFN2O4. The number of hydrogen-bond donors (Lipinski definition) is 1. The van der Waals surface area contributed by atoms with E-state index in [9.17, 15) is 14.4 Å². The minimum atomic E-state index is -0.834. The molecule has 170 valence electrons. The monoisotopic (exact) mass is 468 g/mol. The van der Waals surface area contributed by atoms with E-state index in [0.717, 1.165) is 18.4 Å². The number of ether oxygens (including phenoxy) is 1. The lowest BCUT2D eigenvalue weighted by atomic mass is 10.0. The van der Waals surface area contributed by atoms with Gasteiger partial charge in [0.2, 0.25) is 5.91 Å². The molecule has 0 spiro atoms. The lowest BCUT2D eigenvalue weighted by Crippen LogP contribution is -2.28. The first-order valence-electron chi connectivity index (χ1n) is 10.6. The summed E-state index contributed by atoms with van der Waals surface area (Å²) in [6, 6.07) is 10.3. The van der Waals surface area contributed by atoms with Crippen molar-refractivity contribution in [3.05, 3.63) is 80.4 Å². The Morgan fingerprint density at radius 2 is 1.97 bits per heavy atom. The van der Waals surface area contributed by atoms with Crippen LogP contribution in [0.25, 0.3) is 17.0 Å². The van der Waals surface area contributed by atoms with Crippen molar-refractivity contribution >= 4 is 46.1 Å². The summed E-state index contributed by atoms with van der Waals surface area (Å²) in [5, 5.41) is 2.56. The Labute approximate surface area is 194 Å². The Balaban J connectivity index is 1.88. The third kappa shape index (κ3) is 4.41. The molecule has 1 saturated carbocycles. The normalized spacial score (nSPS) is 13.5. The van der Waals surface area contributed by atoms with Gasteiger partial charge in [0.1, 0.15) is 5.56 Å². The van der Waals surface area contributed by atoms with E-state index in [1.807, 2.05) is 30.3 Å². The molecule has 0 unspecified atom stereocenters. The quantitative estimate of drug-likeness (QED) is 0.395. The van der Waals surface area contributed by atoms with Crippen LogP contribution in [-0.2, 0) is 9.53 Å². The van der Waals surface area contributed by atoms with Gasteiger partial charge in [0.15, 0.2) is 5.82 Å². The summed E-state index contributed by atoms with van der Waals surface area (Å²) in [6.07, 6.45) is 4.36. The third-order valence-corrected chi connectivity index (χ3v) is 5.93. The van der Waals surface area contributed by atoms with Gasteiger partial charge in [-0.3, -0.25) is 9.59 Å². The van der Waals surface area contributed by atoms with Crippen molar-refractivity contribution in [2.75, 3.05) is 11.9 Å². The Kier molecular flexibility index (Phi) is 6.33. The van der Waals surface area contributed by atoms with Crippen LogP contribution in [0.15, 0.2) is 47.3 Å². The second-order valence-electron chi connectivity index (χ2n) is 7.81. The molecule has 0 saturated heterocycles. The maximum absolute atomic E-state index is 15.3. The molecule has 2 aromatic carbocycles. The molecule has 0 atom stereocenters. The van der Waals surface area contributed by atoms with Crippen LogP contribution in [0.2, 0.25) is 5.02 Å². The van der Waals surface area contributed by atoms with Crippen LogP contribution in [0.5, 0.6) is 0 Å². The van der Waals surface area contributed by atoms with Crippen molar-refractivity contribution in [1.29, 1.82) is 0 Å². The number of aryl methyl sites for hydroxylation is 1. The van der Waals surface area contributed by atoms with Crippen molar-refractivity contribution < 1.29 is 18.7 Å². The fourth-order valence-corrected chi connectivity index (χ4v) is 3.95. The number of nitrogens with one attached hydrogen (secondary N) is 1. The molecule has 8 heteroatoms. The number of halogens is 2. The molecule has 0 bridgehead atoms. The lowest BCUT2D eigenvalue weighted by molar-refractivity contribution is -0.111. The van der Waals surface area contributed by atoms with Crippen LogP contribution in [-0.4, -0.2) is 23.1 Å². The molecule has 1 fully saturated rings. The van der Waals surface area contributed by atoms with Gasteiger partial charge in [0.25, 0.3) is 5.56 Å². The number of hydrogen-bond acceptors (Lipinski definition) is 4. The fourth-order valence-electron chi connectivity index (χ4n) is 3.76. The molecular weight excluding hydrogens is 447 g/mol.